The van der Waals surface area contributed by atoms with Crippen molar-refractivity contribution in [2.45, 2.75) is 11.8 Å². The molecule has 0 amide bonds. The first kappa shape index (κ1) is 8.40. The smallest absolute Gasteiger partial charge is 0.214 e. The topological polar surface area (TPSA) is 22.1 Å². The van der Waals surface area contributed by atoms with Gasteiger partial charge in [-0.05, 0) is 11.8 Å². The second-order valence-electron chi connectivity index (χ2n) is 1.97. The molecule has 1 rings (SSSR count). The summed E-state index contributed by atoms with van der Waals surface area (Å²) in [6, 6.07) is 3.92. The summed E-state index contributed by atoms with van der Waals surface area (Å²) in [7, 11) is 1.63. The molecule has 0 unspecified atom stereocenters. The van der Waals surface area contributed by atoms with E-state index in [1.165, 1.54) is 4.90 Å². The minimum Gasteiger partial charge on any atom is -0.481 e. The molecule has 60 valence electrons. The van der Waals surface area contributed by atoms with Gasteiger partial charge < -0.3 is 4.74 Å². The van der Waals surface area contributed by atoms with Crippen molar-refractivity contribution in [2.24, 2.45) is 0 Å². The van der Waals surface area contributed by atoms with Crippen LogP contribution < -0.4 is 4.74 Å². The van der Waals surface area contributed by atoms with E-state index in [1.54, 1.807) is 25.1 Å². The molecule has 3 heteroatoms. The Morgan fingerprint density at radius 3 is 3.09 bits per heavy atom. The largest absolute Gasteiger partial charge is 0.481 e. The van der Waals surface area contributed by atoms with Gasteiger partial charge in [0.05, 0.1) is 7.11 Å². The number of aromatic nitrogens is 1. The summed E-state index contributed by atoms with van der Waals surface area (Å²) >= 11 is 1.78. The van der Waals surface area contributed by atoms with Crippen LogP contribution in [0, 0.1) is 0 Å². The lowest BCUT2D eigenvalue weighted by atomic mass is 10.5. The second kappa shape index (κ2) is 4.23. The van der Waals surface area contributed by atoms with Gasteiger partial charge in [-0.15, -0.1) is 11.8 Å². The molecule has 0 spiro atoms. The molecule has 0 fully saturated rings. The fourth-order valence-corrected chi connectivity index (χ4v) is 1.43. The maximum absolute atomic E-state index is 4.98. The molecule has 0 saturated heterocycles. The summed E-state index contributed by atoms with van der Waals surface area (Å²) in [5.41, 5.74) is 0. The van der Waals surface area contributed by atoms with Crippen molar-refractivity contribution in [2.75, 3.05) is 12.9 Å². The van der Waals surface area contributed by atoms with Gasteiger partial charge in [0.25, 0.3) is 0 Å². The molecule has 0 saturated carbocycles. The highest BCUT2D eigenvalue weighted by molar-refractivity contribution is 7.99. The number of methoxy groups -OCH3 is 1. The zero-order chi connectivity index (χ0) is 8.10. The van der Waals surface area contributed by atoms with Crippen LogP contribution in [0.4, 0.5) is 0 Å². The molecule has 0 atom stereocenters. The molecule has 0 N–H and O–H groups in total. The number of nitrogens with zero attached hydrogens (tertiary/aromatic N) is 1. The van der Waals surface area contributed by atoms with Crippen LogP contribution in [-0.4, -0.2) is 17.8 Å². The Labute approximate surface area is 71.0 Å². The third kappa shape index (κ3) is 2.42. The minimum atomic E-state index is 0.684. The molecular formula is C8H11NOS. The summed E-state index contributed by atoms with van der Waals surface area (Å²) < 4.78 is 4.98. The number of rotatable bonds is 3. The van der Waals surface area contributed by atoms with E-state index in [0.29, 0.717) is 5.88 Å². The third-order valence-corrected chi connectivity index (χ3v) is 2.10. The molecule has 11 heavy (non-hydrogen) atoms. The van der Waals surface area contributed by atoms with Crippen LogP contribution in [0.15, 0.2) is 23.2 Å². The van der Waals surface area contributed by atoms with Crippen LogP contribution in [0.25, 0.3) is 0 Å². The van der Waals surface area contributed by atoms with Crippen molar-refractivity contribution in [3.05, 3.63) is 18.3 Å². The molecule has 0 aliphatic carbocycles. The number of hydrogen-bond donors (Lipinski definition) is 0. The molecule has 2 nitrogen and oxygen atoms in total. The summed E-state index contributed by atoms with van der Waals surface area (Å²) in [4.78, 5) is 5.21. The Morgan fingerprint density at radius 1 is 1.64 bits per heavy atom. The van der Waals surface area contributed by atoms with E-state index >= 15 is 0 Å². The molecule has 0 aromatic carbocycles. The van der Waals surface area contributed by atoms with E-state index in [9.17, 15) is 0 Å². The maximum atomic E-state index is 4.98. The van der Waals surface area contributed by atoms with E-state index in [0.717, 1.165) is 5.75 Å². The molecule has 0 radical (unpaired) electrons. The molecular weight excluding hydrogens is 158 g/mol. The number of pyridine rings is 1. The quantitative estimate of drug-likeness (QED) is 0.648. The normalized spacial score (nSPS) is 9.64. The molecule has 1 heterocycles. The molecule has 0 bridgehead atoms. The average molecular weight is 169 g/mol. The Morgan fingerprint density at radius 2 is 2.45 bits per heavy atom. The highest BCUT2D eigenvalue weighted by Crippen LogP contribution is 2.19. The highest BCUT2D eigenvalue weighted by atomic mass is 32.2. The Bertz CT molecular complexity index is 227. The number of thioether (sulfide) groups is 1. The monoisotopic (exact) mass is 169 g/mol. The van der Waals surface area contributed by atoms with Gasteiger partial charge in [0, 0.05) is 17.2 Å². The third-order valence-electron chi connectivity index (χ3n) is 1.23. The van der Waals surface area contributed by atoms with Gasteiger partial charge in [-0.1, -0.05) is 6.92 Å². The lowest BCUT2D eigenvalue weighted by Crippen LogP contribution is -1.86. The van der Waals surface area contributed by atoms with Gasteiger partial charge in [-0.25, -0.2) is 4.98 Å². The van der Waals surface area contributed by atoms with E-state index < -0.39 is 0 Å². The van der Waals surface area contributed by atoms with E-state index in [4.69, 9.17) is 4.74 Å². The number of ether oxygens (including phenoxy) is 1. The average Bonchev–Trinajstić information content (AvgIpc) is 2.06. The van der Waals surface area contributed by atoms with Crippen LogP contribution in [0.5, 0.6) is 5.88 Å². The first-order chi connectivity index (χ1) is 5.36. The summed E-state index contributed by atoms with van der Waals surface area (Å²) in [6.45, 7) is 2.12. The van der Waals surface area contributed by atoms with Crippen LogP contribution in [0.2, 0.25) is 0 Å². The van der Waals surface area contributed by atoms with Gasteiger partial charge in [0.1, 0.15) is 0 Å². The lowest BCUT2D eigenvalue weighted by Gasteiger charge is -2.00. The van der Waals surface area contributed by atoms with Crippen LogP contribution in [0.3, 0.4) is 0 Å². The zero-order valence-electron chi connectivity index (χ0n) is 6.70. The Hall–Kier alpha value is -0.700. The van der Waals surface area contributed by atoms with Crippen LogP contribution in [0.1, 0.15) is 6.92 Å². The van der Waals surface area contributed by atoms with Gasteiger partial charge in [0.2, 0.25) is 5.88 Å². The maximum Gasteiger partial charge on any atom is 0.214 e. The highest BCUT2D eigenvalue weighted by Gasteiger charge is 1.94. The molecule has 1 aromatic rings. The second-order valence-corrected chi connectivity index (χ2v) is 3.30. The van der Waals surface area contributed by atoms with Crippen LogP contribution in [-0.2, 0) is 0 Å². The minimum absolute atomic E-state index is 0.684. The lowest BCUT2D eigenvalue weighted by molar-refractivity contribution is 0.396. The summed E-state index contributed by atoms with van der Waals surface area (Å²) in [5.74, 6) is 1.76. The van der Waals surface area contributed by atoms with Gasteiger partial charge in [-0.3, -0.25) is 0 Å². The van der Waals surface area contributed by atoms with Crippen LogP contribution >= 0.6 is 11.8 Å². The van der Waals surface area contributed by atoms with Crippen molar-refractivity contribution >= 4 is 11.8 Å². The molecule has 1 aromatic heterocycles. The Kier molecular flexibility index (Phi) is 3.23. The van der Waals surface area contributed by atoms with Crippen molar-refractivity contribution in [3.8, 4) is 5.88 Å². The fourth-order valence-electron chi connectivity index (χ4n) is 0.759. The standard InChI is InChI=1S/C8H11NOS/c1-3-11-7-4-5-9-8(6-7)10-2/h4-6H,3H2,1-2H3. The SMILES string of the molecule is CCSc1ccnc(OC)c1. The van der Waals surface area contributed by atoms with E-state index in [1.807, 2.05) is 12.1 Å². The summed E-state index contributed by atoms with van der Waals surface area (Å²) in [6.07, 6.45) is 1.76. The van der Waals surface area contributed by atoms with E-state index in [2.05, 4.69) is 11.9 Å². The first-order valence-corrected chi connectivity index (χ1v) is 4.48. The van der Waals surface area contributed by atoms with Gasteiger partial charge in [0.15, 0.2) is 0 Å². The van der Waals surface area contributed by atoms with Gasteiger partial charge in [-0.2, -0.15) is 0 Å². The number of hydrogen-bond acceptors (Lipinski definition) is 3. The van der Waals surface area contributed by atoms with Crippen molar-refractivity contribution in [1.82, 2.24) is 4.98 Å². The zero-order valence-corrected chi connectivity index (χ0v) is 7.52. The first-order valence-electron chi connectivity index (χ1n) is 3.49. The predicted octanol–water partition coefficient (Wildman–Crippen LogP) is 2.20. The molecule has 0 aliphatic heterocycles. The predicted molar refractivity (Wildman–Crippen MR) is 47.2 cm³/mol. The van der Waals surface area contributed by atoms with Crippen molar-refractivity contribution in [1.29, 1.82) is 0 Å². The van der Waals surface area contributed by atoms with Gasteiger partial charge >= 0.3 is 0 Å². The summed E-state index contributed by atoms with van der Waals surface area (Å²) in [5, 5.41) is 0. The van der Waals surface area contributed by atoms with Crippen molar-refractivity contribution in [3.63, 3.8) is 0 Å². The molecule has 0 aliphatic rings. The Balaban J connectivity index is 2.74. The fraction of sp³-hybridized carbons (Fsp3) is 0.375. The van der Waals surface area contributed by atoms with E-state index in [-0.39, 0.29) is 0 Å². The van der Waals surface area contributed by atoms with Crippen molar-refractivity contribution < 1.29 is 4.74 Å².